The van der Waals surface area contributed by atoms with Crippen molar-refractivity contribution in [3.8, 4) is 0 Å². The normalized spacial score (nSPS) is 10.1. The number of carbonyl (C=O) groups is 2. The van der Waals surface area contributed by atoms with Crippen molar-refractivity contribution in [3.05, 3.63) is 48.4 Å². The first-order chi connectivity index (χ1) is 9.69. The van der Waals surface area contributed by atoms with Crippen LogP contribution in [0.25, 0.3) is 0 Å². The van der Waals surface area contributed by atoms with Gasteiger partial charge in [0.15, 0.2) is 0 Å². The van der Waals surface area contributed by atoms with Crippen LogP contribution in [0.1, 0.15) is 10.4 Å². The molecule has 2 amide bonds. The third-order valence-corrected chi connectivity index (χ3v) is 3.31. The highest BCUT2D eigenvalue weighted by molar-refractivity contribution is 7.98. The number of hydrogen-bond acceptors (Lipinski definition) is 4. The molecule has 1 aromatic carbocycles. The maximum absolute atomic E-state index is 11.7. The van der Waals surface area contributed by atoms with Crippen LogP contribution < -0.4 is 10.6 Å². The summed E-state index contributed by atoms with van der Waals surface area (Å²) in [5.74, 6) is -0.620. The maximum atomic E-state index is 11.7. The molecular formula is C14H14N2O3S. The number of furan rings is 1. The molecule has 20 heavy (non-hydrogen) atoms. The zero-order valence-electron chi connectivity index (χ0n) is 10.9. The Morgan fingerprint density at radius 2 is 1.95 bits per heavy atom. The number of rotatable bonds is 5. The van der Waals surface area contributed by atoms with Crippen LogP contribution in [-0.2, 0) is 4.79 Å². The van der Waals surface area contributed by atoms with E-state index in [9.17, 15) is 9.59 Å². The lowest BCUT2D eigenvalue weighted by atomic mass is 10.3. The van der Waals surface area contributed by atoms with E-state index in [1.165, 1.54) is 18.6 Å². The van der Waals surface area contributed by atoms with Gasteiger partial charge in [-0.05, 0) is 36.6 Å². The number of carbonyl (C=O) groups excluding carboxylic acids is 2. The summed E-state index contributed by atoms with van der Waals surface area (Å²) in [7, 11) is 0. The number of benzene rings is 1. The standard InChI is InChI=1S/C14H14N2O3S/c1-20-12-4-2-11(3-5-12)16-13(17)8-15-14(18)10-6-7-19-9-10/h2-7,9H,8H2,1H3,(H,15,18)(H,16,17). The Bertz CT molecular complexity index is 579. The van der Waals surface area contributed by atoms with Gasteiger partial charge in [-0.1, -0.05) is 0 Å². The lowest BCUT2D eigenvalue weighted by Gasteiger charge is -2.06. The van der Waals surface area contributed by atoms with E-state index in [1.54, 1.807) is 11.8 Å². The van der Waals surface area contributed by atoms with Gasteiger partial charge in [-0.15, -0.1) is 11.8 Å². The minimum absolute atomic E-state index is 0.0890. The van der Waals surface area contributed by atoms with E-state index in [0.29, 0.717) is 11.3 Å². The van der Waals surface area contributed by atoms with Gasteiger partial charge in [0.25, 0.3) is 5.91 Å². The van der Waals surface area contributed by atoms with Crippen LogP contribution in [0.3, 0.4) is 0 Å². The van der Waals surface area contributed by atoms with Crippen molar-refractivity contribution < 1.29 is 14.0 Å². The van der Waals surface area contributed by atoms with Crippen molar-refractivity contribution >= 4 is 29.3 Å². The molecule has 0 spiro atoms. The lowest BCUT2D eigenvalue weighted by molar-refractivity contribution is -0.115. The maximum Gasteiger partial charge on any atom is 0.254 e. The van der Waals surface area contributed by atoms with E-state index < -0.39 is 0 Å². The Labute approximate surface area is 120 Å². The third-order valence-electron chi connectivity index (χ3n) is 2.57. The van der Waals surface area contributed by atoms with Crippen LogP contribution in [0.15, 0.2) is 52.2 Å². The van der Waals surface area contributed by atoms with Gasteiger partial charge in [-0.25, -0.2) is 0 Å². The number of hydrogen-bond donors (Lipinski definition) is 2. The fraction of sp³-hybridized carbons (Fsp3) is 0.143. The Morgan fingerprint density at radius 1 is 1.20 bits per heavy atom. The largest absolute Gasteiger partial charge is 0.472 e. The number of thioether (sulfide) groups is 1. The van der Waals surface area contributed by atoms with Gasteiger partial charge in [0, 0.05) is 10.6 Å². The molecule has 2 N–H and O–H groups in total. The molecule has 0 unspecified atom stereocenters. The Morgan fingerprint density at radius 3 is 2.55 bits per heavy atom. The summed E-state index contributed by atoms with van der Waals surface area (Å²) in [6.07, 6.45) is 4.72. The molecule has 0 aliphatic carbocycles. The predicted octanol–water partition coefficient (Wildman–Crippen LogP) is 2.37. The van der Waals surface area contributed by atoms with Gasteiger partial charge in [0.05, 0.1) is 18.4 Å². The van der Waals surface area contributed by atoms with Crippen LogP contribution in [0.4, 0.5) is 5.69 Å². The molecule has 0 aliphatic heterocycles. The van der Waals surface area contributed by atoms with E-state index in [0.717, 1.165) is 4.90 Å². The molecule has 0 aliphatic rings. The number of anilines is 1. The summed E-state index contributed by atoms with van der Waals surface area (Å²) in [4.78, 5) is 24.4. The highest BCUT2D eigenvalue weighted by atomic mass is 32.2. The second kappa shape index (κ2) is 6.81. The van der Waals surface area contributed by atoms with E-state index in [1.807, 2.05) is 30.5 Å². The second-order valence-corrected chi connectivity index (χ2v) is 4.85. The second-order valence-electron chi connectivity index (χ2n) is 3.97. The lowest BCUT2D eigenvalue weighted by Crippen LogP contribution is -2.32. The Balaban J connectivity index is 1.81. The zero-order chi connectivity index (χ0) is 14.4. The highest BCUT2D eigenvalue weighted by Crippen LogP contribution is 2.17. The first kappa shape index (κ1) is 14.2. The molecule has 0 fully saturated rings. The summed E-state index contributed by atoms with van der Waals surface area (Å²) >= 11 is 1.63. The predicted molar refractivity (Wildman–Crippen MR) is 77.9 cm³/mol. The molecule has 1 heterocycles. The van der Waals surface area contributed by atoms with Gasteiger partial charge in [0.1, 0.15) is 6.26 Å². The fourth-order valence-corrected chi connectivity index (χ4v) is 1.94. The molecule has 2 aromatic rings. The molecule has 0 saturated carbocycles. The Hall–Kier alpha value is -2.21. The smallest absolute Gasteiger partial charge is 0.254 e. The molecule has 104 valence electrons. The first-order valence-corrected chi connectivity index (χ1v) is 7.16. The van der Waals surface area contributed by atoms with Crippen molar-refractivity contribution in [2.24, 2.45) is 0 Å². The summed E-state index contributed by atoms with van der Waals surface area (Å²) in [6.45, 7) is -0.0890. The minimum atomic E-state index is -0.341. The van der Waals surface area contributed by atoms with Crippen molar-refractivity contribution in [2.75, 3.05) is 18.1 Å². The number of amides is 2. The molecular weight excluding hydrogens is 276 g/mol. The molecule has 0 atom stereocenters. The monoisotopic (exact) mass is 290 g/mol. The highest BCUT2D eigenvalue weighted by Gasteiger charge is 2.09. The quantitative estimate of drug-likeness (QED) is 0.829. The van der Waals surface area contributed by atoms with Crippen LogP contribution in [0.2, 0.25) is 0 Å². The van der Waals surface area contributed by atoms with Crippen LogP contribution in [-0.4, -0.2) is 24.6 Å². The first-order valence-electron chi connectivity index (χ1n) is 5.93. The molecule has 0 saturated heterocycles. The van der Waals surface area contributed by atoms with Crippen molar-refractivity contribution in [1.82, 2.24) is 5.32 Å². The SMILES string of the molecule is CSc1ccc(NC(=O)CNC(=O)c2ccoc2)cc1. The summed E-state index contributed by atoms with van der Waals surface area (Å²) < 4.78 is 4.80. The van der Waals surface area contributed by atoms with Crippen molar-refractivity contribution in [3.63, 3.8) is 0 Å². The molecule has 5 nitrogen and oxygen atoms in total. The van der Waals surface area contributed by atoms with Crippen molar-refractivity contribution in [2.45, 2.75) is 4.90 Å². The van der Waals surface area contributed by atoms with E-state index >= 15 is 0 Å². The van der Waals surface area contributed by atoms with Gasteiger partial charge >= 0.3 is 0 Å². The summed E-state index contributed by atoms with van der Waals surface area (Å²) in [5.41, 5.74) is 1.09. The van der Waals surface area contributed by atoms with Gasteiger partial charge in [-0.3, -0.25) is 9.59 Å². The van der Waals surface area contributed by atoms with Gasteiger partial charge < -0.3 is 15.1 Å². The van der Waals surface area contributed by atoms with E-state index in [4.69, 9.17) is 4.42 Å². The van der Waals surface area contributed by atoms with Crippen LogP contribution >= 0.6 is 11.8 Å². The fourth-order valence-electron chi connectivity index (χ4n) is 1.54. The topological polar surface area (TPSA) is 71.3 Å². The molecule has 2 rings (SSSR count). The van der Waals surface area contributed by atoms with Gasteiger partial charge in [-0.2, -0.15) is 0 Å². The average molecular weight is 290 g/mol. The summed E-state index contributed by atoms with van der Waals surface area (Å²) in [5, 5.41) is 5.22. The summed E-state index contributed by atoms with van der Waals surface area (Å²) in [6, 6.07) is 9.02. The third kappa shape index (κ3) is 3.89. The van der Waals surface area contributed by atoms with Crippen molar-refractivity contribution in [1.29, 1.82) is 0 Å². The molecule has 1 aromatic heterocycles. The van der Waals surface area contributed by atoms with Crippen LogP contribution in [0, 0.1) is 0 Å². The molecule has 0 radical (unpaired) electrons. The Kier molecular flexibility index (Phi) is 4.84. The molecule has 6 heteroatoms. The number of nitrogens with one attached hydrogen (secondary N) is 2. The minimum Gasteiger partial charge on any atom is -0.472 e. The zero-order valence-corrected chi connectivity index (χ0v) is 11.7. The molecule has 0 bridgehead atoms. The van der Waals surface area contributed by atoms with E-state index in [-0.39, 0.29) is 18.4 Å². The van der Waals surface area contributed by atoms with Crippen LogP contribution in [0.5, 0.6) is 0 Å². The van der Waals surface area contributed by atoms with E-state index in [2.05, 4.69) is 10.6 Å². The average Bonchev–Trinajstić information content (AvgIpc) is 3.00. The van der Waals surface area contributed by atoms with Gasteiger partial charge in [0.2, 0.25) is 5.91 Å².